The average Bonchev–Trinajstić information content (AvgIpc) is 3.09. The summed E-state index contributed by atoms with van der Waals surface area (Å²) in [4.78, 5) is 40.9. The molecule has 7 heteroatoms. The van der Waals surface area contributed by atoms with Gasteiger partial charge in [-0.25, -0.2) is 4.79 Å². The molecule has 0 aromatic rings. The maximum Gasteiger partial charge on any atom is 0.331 e. The molecule has 2 rings (SSSR count). The number of amides is 2. The smallest absolute Gasteiger partial charge is 0.331 e. The molecule has 2 heterocycles. The Hall–Kier alpha value is -1.63. The van der Waals surface area contributed by atoms with Crippen LogP contribution in [0.15, 0.2) is 0 Å². The second-order valence-electron chi connectivity index (χ2n) is 7.63. The van der Waals surface area contributed by atoms with Crippen molar-refractivity contribution < 1.29 is 23.9 Å². The molecule has 2 fully saturated rings. The second kappa shape index (κ2) is 9.53. The van der Waals surface area contributed by atoms with Crippen LogP contribution in [0.4, 0.5) is 0 Å². The van der Waals surface area contributed by atoms with Gasteiger partial charge in [-0.1, -0.05) is 26.7 Å². The zero-order chi connectivity index (χ0) is 20.0. The van der Waals surface area contributed by atoms with Gasteiger partial charge in [0.1, 0.15) is 5.54 Å². The number of likely N-dealkylation sites (tertiary alicyclic amines) is 2. The summed E-state index contributed by atoms with van der Waals surface area (Å²) in [5.74, 6) is -0.656. The van der Waals surface area contributed by atoms with E-state index in [0.717, 1.165) is 32.1 Å². The summed E-state index contributed by atoms with van der Waals surface area (Å²) in [6.07, 6.45) is 4.64. The van der Waals surface area contributed by atoms with Gasteiger partial charge in [0.2, 0.25) is 5.91 Å². The average molecular weight is 383 g/mol. The van der Waals surface area contributed by atoms with Gasteiger partial charge in [0, 0.05) is 20.1 Å². The Bertz CT molecular complexity index is 552. The molecule has 1 unspecified atom stereocenters. The number of carbonyl (C=O) groups excluding carboxylic acids is 3. The van der Waals surface area contributed by atoms with Crippen LogP contribution in [0.5, 0.6) is 0 Å². The van der Waals surface area contributed by atoms with Gasteiger partial charge in [-0.2, -0.15) is 0 Å². The highest BCUT2D eigenvalue weighted by Crippen LogP contribution is 2.40. The Morgan fingerprint density at radius 2 is 1.85 bits per heavy atom. The highest BCUT2D eigenvalue weighted by atomic mass is 16.5. The fourth-order valence-corrected chi connectivity index (χ4v) is 4.03. The predicted molar refractivity (Wildman–Crippen MR) is 101 cm³/mol. The van der Waals surface area contributed by atoms with E-state index in [1.54, 1.807) is 9.80 Å². The summed E-state index contributed by atoms with van der Waals surface area (Å²) in [6.45, 7) is 9.28. The first-order valence-electron chi connectivity index (χ1n) is 10.3. The van der Waals surface area contributed by atoms with Crippen LogP contribution in [0.25, 0.3) is 0 Å². The minimum Gasteiger partial charge on any atom is -0.464 e. The monoisotopic (exact) mass is 382 g/mol. The molecular weight excluding hydrogens is 348 g/mol. The third-order valence-corrected chi connectivity index (χ3v) is 5.60. The summed E-state index contributed by atoms with van der Waals surface area (Å²) >= 11 is 0. The van der Waals surface area contributed by atoms with Crippen LogP contribution in [0, 0.1) is 0 Å². The van der Waals surface area contributed by atoms with Crippen LogP contribution in [0.3, 0.4) is 0 Å². The minimum atomic E-state index is -0.767. The normalized spacial score (nSPS) is 24.1. The van der Waals surface area contributed by atoms with Crippen molar-refractivity contribution in [2.45, 2.75) is 83.9 Å². The second-order valence-corrected chi connectivity index (χ2v) is 7.63. The van der Waals surface area contributed by atoms with Crippen molar-refractivity contribution in [3.8, 4) is 0 Å². The largest absolute Gasteiger partial charge is 0.464 e. The molecule has 27 heavy (non-hydrogen) atoms. The molecule has 2 aliphatic rings. The maximum atomic E-state index is 13.1. The van der Waals surface area contributed by atoms with Crippen molar-refractivity contribution >= 4 is 17.8 Å². The third-order valence-electron chi connectivity index (χ3n) is 5.60. The quantitative estimate of drug-likeness (QED) is 0.329. The number of hydrogen-bond acceptors (Lipinski definition) is 5. The first kappa shape index (κ1) is 21.7. The standard InChI is InChI=1S/C20H34N2O5/c1-5-7-12-26-15(3)17(18(24)27-13-8-6-2)21-14-20(19(21)25)10-9-11-22(20)16(4)23/h15,17H,5-14H2,1-4H3/t15-,17+,20?/m1/s1. The molecule has 0 radical (unpaired) electrons. The molecule has 1 spiro atoms. The van der Waals surface area contributed by atoms with Crippen LogP contribution < -0.4 is 0 Å². The maximum absolute atomic E-state index is 13.1. The van der Waals surface area contributed by atoms with E-state index in [-0.39, 0.29) is 11.8 Å². The zero-order valence-electron chi connectivity index (χ0n) is 17.2. The first-order valence-corrected chi connectivity index (χ1v) is 10.3. The molecule has 2 amide bonds. The van der Waals surface area contributed by atoms with Crippen molar-refractivity contribution in [1.29, 1.82) is 0 Å². The Labute approximate surface area is 162 Å². The van der Waals surface area contributed by atoms with E-state index in [0.29, 0.717) is 32.7 Å². The molecule has 2 aliphatic heterocycles. The molecule has 0 aliphatic carbocycles. The lowest BCUT2D eigenvalue weighted by molar-refractivity contribution is -0.183. The Kier molecular flexibility index (Phi) is 7.65. The molecule has 7 nitrogen and oxygen atoms in total. The van der Waals surface area contributed by atoms with Gasteiger partial charge in [-0.3, -0.25) is 9.59 Å². The number of nitrogens with zero attached hydrogens (tertiary/aromatic N) is 2. The molecular formula is C20H34N2O5. The van der Waals surface area contributed by atoms with Gasteiger partial charge in [0.25, 0.3) is 5.91 Å². The van der Waals surface area contributed by atoms with E-state index in [9.17, 15) is 14.4 Å². The van der Waals surface area contributed by atoms with E-state index >= 15 is 0 Å². The lowest BCUT2D eigenvalue weighted by Crippen LogP contribution is -2.76. The van der Waals surface area contributed by atoms with Crippen molar-refractivity contribution in [3.05, 3.63) is 0 Å². The number of unbranched alkanes of at least 4 members (excludes halogenated alkanes) is 2. The molecule has 0 saturated carbocycles. The van der Waals surface area contributed by atoms with E-state index in [4.69, 9.17) is 9.47 Å². The topological polar surface area (TPSA) is 76.2 Å². The van der Waals surface area contributed by atoms with E-state index in [1.165, 1.54) is 6.92 Å². The van der Waals surface area contributed by atoms with Gasteiger partial charge in [-0.05, 0) is 32.6 Å². The van der Waals surface area contributed by atoms with Gasteiger partial charge >= 0.3 is 5.97 Å². The minimum absolute atomic E-state index is 0.0881. The van der Waals surface area contributed by atoms with Crippen molar-refractivity contribution in [3.63, 3.8) is 0 Å². The fraction of sp³-hybridized carbons (Fsp3) is 0.850. The van der Waals surface area contributed by atoms with E-state index < -0.39 is 23.7 Å². The Morgan fingerprint density at radius 3 is 2.44 bits per heavy atom. The molecule has 0 aromatic carbocycles. The summed E-state index contributed by atoms with van der Waals surface area (Å²) in [7, 11) is 0. The zero-order valence-corrected chi connectivity index (χ0v) is 17.2. The van der Waals surface area contributed by atoms with Crippen LogP contribution in [-0.4, -0.2) is 71.6 Å². The highest BCUT2D eigenvalue weighted by molar-refractivity contribution is 5.99. The van der Waals surface area contributed by atoms with Crippen LogP contribution >= 0.6 is 0 Å². The number of esters is 1. The summed E-state index contributed by atoms with van der Waals surface area (Å²) in [6, 6.07) is -0.758. The number of ether oxygens (including phenoxy) is 2. The SMILES string of the molecule is CCCCOC(=O)[C@H]([C@@H](C)OCCCC)N1CC2(CCCN2C(C)=O)C1=O. The van der Waals surface area contributed by atoms with E-state index in [2.05, 4.69) is 6.92 Å². The van der Waals surface area contributed by atoms with Gasteiger partial charge in [-0.15, -0.1) is 0 Å². The van der Waals surface area contributed by atoms with Crippen LogP contribution in [-0.2, 0) is 23.9 Å². The molecule has 0 aromatic heterocycles. The molecule has 0 bridgehead atoms. The Morgan fingerprint density at radius 1 is 1.19 bits per heavy atom. The highest BCUT2D eigenvalue weighted by Gasteiger charge is 2.62. The van der Waals surface area contributed by atoms with Crippen molar-refractivity contribution in [1.82, 2.24) is 9.80 Å². The van der Waals surface area contributed by atoms with Crippen molar-refractivity contribution in [2.75, 3.05) is 26.3 Å². The summed E-state index contributed by atoms with van der Waals surface area (Å²) in [5, 5.41) is 0. The molecule has 2 saturated heterocycles. The molecule has 0 N–H and O–H groups in total. The first-order chi connectivity index (χ1) is 12.9. The number of β-lactam (4-membered cyclic amide) rings is 1. The van der Waals surface area contributed by atoms with Crippen molar-refractivity contribution in [2.24, 2.45) is 0 Å². The lowest BCUT2D eigenvalue weighted by Gasteiger charge is -2.53. The van der Waals surface area contributed by atoms with Gasteiger partial charge < -0.3 is 19.3 Å². The third kappa shape index (κ3) is 4.45. The molecule has 154 valence electrons. The number of rotatable bonds is 10. The predicted octanol–water partition coefficient (Wildman–Crippen LogP) is 2.13. The van der Waals surface area contributed by atoms with Gasteiger partial charge in [0.05, 0.1) is 19.3 Å². The fourth-order valence-electron chi connectivity index (χ4n) is 4.03. The number of carbonyl (C=O) groups is 3. The lowest BCUT2D eigenvalue weighted by atomic mass is 9.83. The summed E-state index contributed by atoms with van der Waals surface area (Å²) < 4.78 is 11.2. The van der Waals surface area contributed by atoms with Crippen LogP contribution in [0.1, 0.15) is 66.2 Å². The molecule has 3 atom stereocenters. The Balaban J connectivity index is 2.10. The van der Waals surface area contributed by atoms with Crippen LogP contribution in [0.2, 0.25) is 0 Å². The van der Waals surface area contributed by atoms with Gasteiger partial charge in [0.15, 0.2) is 6.04 Å². The summed E-state index contributed by atoms with van der Waals surface area (Å²) in [5.41, 5.74) is -0.767. The number of hydrogen-bond donors (Lipinski definition) is 0. The van der Waals surface area contributed by atoms with E-state index in [1.807, 2.05) is 13.8 Å².